The van der Waals surface area contributed by atoms with Crippen LogP contribution >= 0.6 is 11.6 Å². The number of hydrogen-bond donors (Lipinski definition) is 1. The van der Waals surface area contributed by atoms with E-state index in [0.717, 1.165) is 17.2 Å². The molecule has 168 valence electrons. The Morgan fingerprint density at radius 1 is 1.00 bits per heavy atom. The van der Waals surface area contributed by atoms with Crippen molar-refractivity contribution in [3.63, 3.8) is 0 Å². The quantitative estimate of drug-likeness (QED) is 0.334. The van der Waals surface area contributed by atoms with Crippen LogP contribution in [0.1, 0.15) is 32.8 Å². The molecular formula is C26H21ClFNO4. The van der Waals surface area contributed by atoms with Crippen LogP contribution in [0.3, 0.4) is 0 Å². The van der Waals surface area contributed by atoms with Crippen molar-refractivity contribution in [2.24, 2.45) is 0 Å². The molecule has 4 aromatic rings. The number of ketones is 1. The van der Waals surface area contributed by atoms with Crippen LogP contribution in [0.25, 0.3) is 11.0 Å². The molecule has 0 bridgehead atoms. The van der Waals surface area contributed by atoms with Crippen LogP contribution in [0.5, 0.6) is 5.75 Å². The molecule has 7 heteroatoms. The van der Waals surface area contributed by atoms with Gasteiger partial charge in [-0.1, -0.05) is 35.9 Å². The Balaban J connectivity index is 1.61. The zero-order valence-corrected chi connectivity index (χ0v) is 19.0. The number of nitrogens with one attached hydrogen (secondary N) is 1. The van der Waals surface area contributed by atoms with Crippen LogP contribution in [-0.4, -0.2) is 18.3 Å². The van der Waals surface area contributed by atoms with Gasteiger partial charge in [0.25, 0.3) is 5.91 Å². The summed E-state index contributed by atoms with van der Waals surface area (Å²) in [4.78, 5) is 25.8. The summed E-state index contributed by atoms with van der Waals surface area (Å²) < 4.78 is 25.4. The maximum Gasteiger partial charge on any atom is 0.262 e. The normalized spacial score (nSPS) is 10.9. The van der Waals surface area contributed by atoms with Gasteiger partial charge in [0.05, 0.1) is 5.69 Å². The van der Waals surface area contributed by atoms with Crippen LogP contribution in [-0.2, 0) is 4.79 Å². The standard InChI is InChI=1S/C26H21ClFNO4/c1-14-8-9-17(12-20(14)28)25(31)26-24(19-6-4-5-7-21(19)33-26)29-22(30)13-32-18-10-15(2)23(27)16(3)11-18/h4-12H,13H2,1-3H3,(H,29,30). The van der Waals surface area contributed by atoms with E-state index >= 15 is 0 Å². The third kappa shape index (κ3) is 4.61. The molecule has 5 nitrogen and oxygen atoms in total. The molecule has 0 radical (unpaired) electrons. The fourth-order valence-electron chi connectivity index (χ4n) is 3.51. The second-order valence-corrected chi connectivity index (χ2v) is 8.18. The predicted molar refractivity (Wildman–Crippen MR) is 126 cm³/mol. The first kappa shape index (κ1) is 22.6. The number of benzene rings is 3. The first-order chi connectivity index (χ1) is 15.7. The van der Waals surface area contributed by atoms with E-state index < -0.39 is 17.5 Å². The van der Waals surface area contributed by atoms with E-state index in [4.69, 9.17) is 20.8 Å². The van der Waals surface area contributed by atoms with Crippen LogP contribution in [0.15, 0.2) is 59.0 Å². The number of carbonyl (C=O) groups is 2. The molecule has 0 unspecified atom stereocenters. The van der Waals surface area contributed by atoms with Crippen LogP contribution in [0.2, 0.25) is 5.02 Å². The van der Waals surface area contributed by atoms with Gasteiger partial charge in [-0.15, -0.1) is 0 Å². The van der Waals surface area contributed by atoms with Gasteiger partial charge in [0.1, 0.15) is 17.1 Å². The van der Waals surface area contributed by atoms with Gasteiger partial charge in [-0.3, -0.25) is 9.59 Å². The fraction of sp³-hybridized carbons (Fsp3) is 0.154. The molecule has 0 aliphatic rings. The van der Waals surface area contributed by atoms with E-state index in [1.807, 2.05) is 13.8 Å². The number of fused-ring (bicyclic) bond motifs is 1. The molecular weight excluding hydrogens is 445 g/mol. The molecule has 0 saturated carbocycles. The highest BCUT2D eigenvalue weighted by molar-refractivity contribution is 6.32. The highest BCUT2D eigenvalue weighted by atomic mass is 35.5. The molecule has 1 heterocycles. The van der Waals surface area contributed by atoms with E-state index in [0.29, 0.717) is 27.3 Å². The van der Waals surface area contributed by atoms with Crippen LogP contribution in [0, 0.1) is 26.6 Å². The lowest BCUT2D eigenvalue weighted by atomic mass is 10.0. The van der Waals surface area contributed by atoms with Crippen molar-refractivity contribution in [1.82, 2.24) is 0 Å². The van der Waals surface area contributed by atoms with Crippen molar-refractivity contribution in [1.29, 1.82) is 0 Å². The summed E-state index contributed by atoms with van der Waals surface area (Å²) in [7, 11) is 0. The second kappa shape index (κ2) is 9.08. The van der Waals surface area contributed by atoms with Gasteiger partial charge < -0.3 is 14.5 Å². The molecule has 0 atom stereocenters. The highest BCUT2D eigenvalue weighted by Crippen LogP contribution is 2.33. The SMILES string of the molecule is Cc1ccc(C(=O)c2oc3ccccc3c2NC(=O)COc2cc(C)c(Cl)c(C)c2)cc1F. The first-order valence-electron chi connectivity index (χ1n) is 10.3. The Kier molecular flexibility index (Phi) is 6.20. The molecule has 0 aliphatic carbocycles. The van der Waals surface area contributed by atoms with Gasteiger partial charge in [0.2, 0.25) is 5.78 Å². The Hall–Kier alpha value is -3.64. The highest BCUT2D eigenvalue weighted by Gasteiger charge is 2.24. The second-order valence-electron chi connectivity index (χ2n) is 7.80. The van der Waals surface area contributed by atoms with Crippen molar-refractivity contribution in [3.8, 4) is 5.75 Å². The number of furan rings is 1. The molecule has 0 saturated heterocycles. The third-order valence-corrected chi connectivity index (χ3v) is 5.88. The molecule has 1 amide bonds. The van der Waals surface area contributed by atoms with Gasteiger partial charge in [0, 0.05) is 16.0 Å². The molecule has 33 heavy (non-hydrogen) atoms. The maximum absolute atomic E-state index is 14.0. The topological polar surface area (TPSA) is 68.5 Å². The summed E-state index contributed by atoms with van der Waals surface area (Å²) >= 11 is 6.18. The zero-order chi connectivity index (χ0) is 23.7. The number of rotatable bonds is 6. The molecule has 0 fully saturated rings. The molecule has 1 aromatic heterocycles. The van der Waals surface area contributed by atoms with Gasteiger partial charge in [-0.05, 0) is 67.8 Å². The minimum absolute atomic E-state index is 0.0778. The first-order valence-corrected chi connectivity index (χ1v) is 10.6. The minimum atomic E-state index is -0.537. The van der Waals surface area contributed by atoms with Crippen molar-refractivity contribution in [2.45, 2.75) is 20.8 Å². The zero-order valence-electron chi connectivity index (χ0n) is 18.3. The van der Waals surface area contributed by atoms with E-state index in [1.165, 1.54) is 12.1 Å². The van der Waals surface area contributed by atoms with E-state index in [-0.39, 0.29) is 23.6 Å². The summed E-state index contributed by atoms with van der Waals surface area (Å²) in [5.41, 5.74) is 2.87. The Morgan fingerprint density at radius 3 is 2.39 bits per heavy atom. The number of amides is 1. The number of carbonyl (C=O) groups excluding carboxylic acids is 2. The van der Waals surface area contributed by atoms with Crippen molar-refractivity contribution < 1.29 is 23.1 Å². The largest absolute Gasteiger partial charge is 0.484 e. The van der Waals surface area contributed by atoms with E-state index in [1.54, 1.807) is 43.3 Å². The van der Waals surface area contributed by atoms with Crippen molar-refractivity contribution in [3.05, 3.63) is 93.5 Å². The molecule has 1 N–H and O–H groups in total. The maximum atomic E-state index is 14.0. The lowest BCUT2D eigenvalue weighted by Crippen LogP contribution is -2.21. The van der Waals surface area contributed by atoms with Crippen molar-refractivity contribution in [2.75, 3.05) is 11.9 Å². The Labute approximate surface area is 195 Å². The van der Waals surface area contributed by atoms with E-state index in [9.17, 15) is 14.0 Å². The number of para-hydroxylation sites is 1. The number of halogens is 2. The number of ether oxygens (including phenoxy) is 1. The smallest absolute Gasteiger partial charge is 0.262 e. The Morgan fingerprint density at radius 2 is 1.70 bits per heavy atom. The van der Waals surface area contributed by atoms with Gasteiger partial charge in [0.15, 0.2) is 12.4 Å². The average Bonchev–Trinajstić information content (AvgIpc) is 3.15. The summed E-state index contributed by atoms with van der Waals surface area (Å²) in [6.45, 7) is 5.03. The minimum Gasteiger partial charge on any atom is -0.484 e. The molecule has 4 rings (SSSR count). The van der Waals surface area contributed by atoms with Crippen LogP contribution < -0.4 is 10.1 Å². The lowest BCUT2D eigenvalue weighted by molar-refractivity contribution is -0.118. The number of aryl methyl sites for hydroxylation is 3. The Bertz CT molecular complexity index is 1370. The molecule has 3 aromatic carbocycles. The monoisotopic (exact) mass is 465 g/mol. The fourth-order valence-corrected chi connectivity index (χ4v) is 3.62. The summed E-state index contributed by atoms with van der Waals surface area (Å²) in [5, 5.41) is 3.92. The predicted octanol–water partition coefficient (Wildman–Crippen LogP) is 6.40. The van der Waals surface area contributed by atoms with Gasteiger partial charge in [-0.25, -0.2) is 4.39 Å². The molecule has 0 spiro atoms. The average molecular weight is 466 g/mol. The lowest BCUT2D eigenvalue weighted by Gasteiger charge is -2.10. The number of hydrogen-bond acceptors (Lipinski definition) is 4. The van der Waals surface area contributed by atoms with Gasteiger partial charge in [-0.2, -0.15) is 0 Å². The van der Waals surface area contributed by atoms with Crippen molar-refractivity contribution >= 4 is 39.9 Å². The van der Waals surface area contributed by atoms with Crippen LogP contribution in [0.4, 0.5) is 10.1 Å². The third-order valence-electron chi connectivity index (χ3n) is 5.28. The summed E-state index contributed by atoms with van der Waals surface area (Å²) in [5.74, 6) is -1.08. The van der Waals surface area contributed by atoms with Gasteiger partial charge >= 0.3 is 0 Å². The molecule has 0 aliphatic heterocycles. The summed E-state index contributed by atoms with van der Waals surface area (Å²) in [6, 6.07) is 14.6. The summed E-state index contributed by atoms with van der Waals surface area (Å²) in [6.07, 6.45) is 0. The number of anilines is 1. The van der Waals surface area contributed by atoms with E-state index in [2.05, 4.69) is 5.32 Å².